The molecule has 0 amide bonds. The van der Waals surface area contributed by atoms with Gasteiger partial charge in [0.15, 0.2) is 0 Å². The van der Waals surface area contributed by atoms with Gasteiger partial charge in [0.05, 0.1) is 0 Å². The molecular formula is C4H2O24Os2S6-12. The molecule has 0 saturated heterocycles. The van der Waals surface area contributed by atoms with Gasteiger partial charge in [0.1, 0.15) is 0 Å². The molecule has 1 aliphatic rings. The van der Waals surface area contributed by atoms with Crippen LogP contribution in [0.2, 0.25) is 0 Å². The summed E-state index contributed by atoms with van der Waals surface area (Å²) in [4.78, 5) is 0. The van der Waals surface area contributed by atoms with E-state index in [1.165, 1.54) is 0 Å². The summed E-state index contributed by atoms with van der Waals surface area (Å²) >= 11 is 3.78. The molecule has 0 bridgehead atoms. The van der Waals surface area contributed by atoms with Crippen LogP contribution in [0.15, 0.2) is 11.8 Å². The molecule has 226 valence electrons. The van der Waals surface area contributed by atoms with E-state index in [1.54, 1.807) is 0 Å². The Balaban J connectivity index is -0.0000000756. The Hall–Kier alpha value is -0.347. The average molecular weight is 1010 g/mol. The fourth-order valence-corrected chi connectivity index (χ4v) is 0.826. The van der Waals surface area contributed by atoms with Gasteiger partial charge in [-0.15, -0.1) is 12.0 Å². The molecule has 0 N–H and O–H groups in total. The van der Waals surface area contributed by atoms with Crippen LogP contribution in [0.25, 0.3) is 0 Å². The average Bonchev–Trinajstić information content (AvgIpc) is 2.80. The van der Waals surface area contributed by atoms with Gasteiger partial charge < -0.3 is 66.5 Å². The van der Waals surface area contributed by atoms with E-state index >= 15 is 0 Å². The molecule has 0 aromatic rings. The van der Waals surface area contributed by atoms with Crippen molar-refractivity contribution in [2.45, 2.75) is 0 Å². The summed E-state index contributed by atoms with van der Waals surface area (Å²) in [5.41, 5.74) is 0. The fourth-order valence-electron chi connectivity index (χ4n) is 0.298. The minimum atomic E-state index is -5.17. The monoisotopic (exact) mass is 1010 g/mol. The van der Waals surface area contributed by atoms with E-state index in [-0.39, 0.29) is 5.76 Å². The summed E-state index contributed by atoms with van der Waals surface area (Å²) in [5.74, 6) is -0.130. The van der Waals surface area contributed by atoms with Gasteiger partial charge >= 0.3 is 41.2 Å². The van der Waals surface area contributed by atoms with Gasteiger partial charge in [-0.25, -0.2) is 0 Å². The summed E-state index contributed by atoms with van der Waals surface area (Å²) in [6.07, 6.45) is 2.86. The van der Waals surface area contributed by atoms with Crippen LogP contribution in [-0.4, -0.2) is 96.0 Å². The summed E-state index contributed by atoms with van der Waals surface area (Å²) in [7, 11) is -29.7. The first kappa shape index (κ1) is 48.7. The Kier molecular flexibility index (Phi) is 29.2. The predicted octanol–water partition coefficient (Wildman–Crippen LogP) is -6.78. The third kappa shape index (κ3) is 224. The molecule has 36 heavy (non-hydrogen) atoms. The van der Waals surface area contributed by atoms with Crippen LogP contribution in [0.3, 0.4) is 0 Å². The van der Waals surface area contributed by atoms with Crippen molar-refractivity contribution < 1.29 is 135 Å². The molecule has 24 nitrogen and oxygen atoms in total. The molecule has 0 spiro atoms. The maximum atomic E-state index is 10.2. The zero-order valence-corrected chi connectivity index (χ0v) is 25.1. The molecule has 1 heterocycles. The first-order chi connectivity index (χ1) is 15.1. The second-order valence-corrected chi connectivity index (χ2v) is 8.48. The predicted molar refractivity (Wildman–Crippen MR) is 79.1 cm³/mol. The van der Waals surface area contributed by atoms with Gasteiger partial charge in [-0.3, -0.25) is 42.1 Å². The van der Waals surface area contributed by atoms with E-state index in [1.807, 2.05) is 37.1 Å². The Morgan fingerprint density at radius 2 is 0.778 bits per heavy atom. The van der Waals surface area contributed by atoms with E-state index in [4.69, 9.17) is 94.2 Å². The minimum absolute atomic E-state index is 0.130. The van der Waals surface area contributed by atoms with Crippen molar-refractivity contribution >= 4 is 62.4 Å². The third-order valence-corrected chi connectivity index (χ3v) is 1.26. The second-order valence-electron chi connectivity index (χ2n) is 3.25. The Bertz CT molecular complexity index is 1070. The summed E-state index contributed by atoms with van der Waals surface area (Å²) < 4.78 is 199. The quantitative estimate of drug-likeness (QED) is 0.134. The normalized spacial score (nSPS) is 13.6. The van der Waals surface area contributed by atoms with Crippen molar-refractivity contribution in [3.63, 3.8) is 0 Å². The van der Waals surface area contributed by atoms with Crippen molar-refractivity contribution in [3.05, 3.63) is 24.7 Å². The van der Waals surface area contributed by atoms with Crippen LogP contribution >= 0.6 is 0 Å². The summed E-state index contributed by atoms with van der Waals surface area (Å²) in [5, 5.41) is 0. The van der Waals surface area contributed by atoms with Gasteiger partial charge in [-0.05, 0) is 0 Å². The Labute approximate surface area is 221 Å². The molecule has 0 unspecified atom stereocenters. The molecule has 0 aromatic heterocycles. The van der Waals surface area contributed by atoms with Gasteiger partial charge in [-0.1, -0.05) is 0 Å². The number of allylic oxidation sites excluding steroid dienone is 1. The maximum absolute atomic E-state index is 10.2. The molecular weight excluding hydrogens is 1000 g/mol. The molecule has 1 rings (SSSR count). The van der Waals surface area contributed by atoms with Crippen LogP contribution in [0.5, 0.6) is 0 Å². The Morgan fingerprint density at radius 1 is 0.611 bits per heavy atom. The van der Waals surface area contributed by atoms with Gasteiger partial charge in [0.25, 0.3) is 0 Å². The molecule has 0 aromatic carbocycles. The summed E-state index contributed by atoms with van der Waals surface area (Å²) in [6, 6.07) is 0. The number of hydrogen-bond donors (Lipinski definition) is 0. The van der Waals surface area contributed by atoms with Gasteiger partial charge in [-0.2, -0.15) is 8.42 Å². The zero-order valence-electron chi connectivity index (χ0n) is 15.1. The standard InChI is InChI=1S/C4H2O4S.5H2O4S.2Os/c1-2-4-3-7-9(5,6)8-4;5*1-5(2,3)4;;/h1-2H;5*(H2,1,2,3,4);;/q-2;;;;;;;/p-10. The van der Waals surface area contributed by atoms with E-state index in [0.29, 0.717) is 0 Å². The van der Waals surface area contributed by atoms with Crippen molar-refractivity contribution in [1.82, 2.24) is 0 Å². The van der Waals surface area contributed by atoms with Crippen molar-refractivity contribution in [3.8, 4) is 0 Å². The van der Waals surface area contributed by atoms with Crippen LogP contribution in [0, 0.1) is 12.8 Å². The van der Waals surface area contributed by atoms with Crippen LogP contribution in [0.4, 0.5) is 0 Å². The van der Waals surface area contributed by atoms with Crippen LogP contribution in [0.1, 0.15) is 0 Å². The van der Waals surface area contributed by atoms with Gasteiger partial charge in [0.2, 0.25) is 0 Å². The SMILES string of the molecule is O=S(=O)([O-])[O-].O=S(=O)([O-])[O-].O=S(=O)([O-])[O-].O=S(=O)([O-])[O-].O=S(=O)([O-])[O-].[CH-]=CC1=[C-]OS(=O)(=O)O1.[Os]=[Os]. The second kappa shape index (κ2) is 21.6. The molecule has 0 saturated carbocycles. The molecule has 32 heteroatoms. The molecule has 0 aliphatic carbocycles. The molecule has 0 fully saturated rings. The van der Waals surface area contributed by atoms with E-state index in [2.05, 4.69) is 8.37 Å². The first-order valence-electron chi connectivity index (χ1n) is 5.41. The fraction of sp³-hybridized carbons (Fsp3) is 0. The molecule has 0 atom stereocenters. The van der Waals surface area contributed by atoms with E-state index in [9.17, 15) is 8.42 Å². The van der Waals surface area contributed by atoms with E-state index in [0.717, 1.165) is 6.08 Å². The van der Waals surface area contributed by atoms with Gasteiger partial charge in [0, 0.05) is 52.0 Å². The topological polar surface area (TPSA) is 454 Å². The van der Waals surface area contributed by atoms with Crippen LogP contribution in [-0.2, 0) is 102 Å². The first-order valence-corrected chi connectivity index (χ1v) is 21.7. The van der Waals surface area contributed by atoms with Crippen molar-refractivity contribution in [1.29, 1.82) is 0 Å². The summed E-state index contributed by atoms with van der Waals surface area (Å²) in [6.45, 7) is 4.86. The number of rotatable bonds is 1. The van der Waals surface area contributed by atoms with Crippen molar-refractivity contribution in [2.24, 2.45) is 0 Å². The van der Waals surface area contributed by atoms with E-state index < -0.39 is 62.4 Å². The molecule has 1 aliphatic heterocycles. The van der Waals surface area contributed by atoms with Crippen molar-refractivity contribution in [2.75, 3.05) is 0 Å². The zero-order chi connectivity index (χ0) is 31.4. The molecule has 0 radical (unpaired) electrons. The Morgan fingerprint density at radius 3 is 0.833 bits per heavy atom. The third-order valence-electron chi connectivity index (χ3n) is 0.588. The van der Waals surface area contributed by atoms with Crippen LogP contribution < -0.4 is 0 Å². The number of hydrogen-bond acceptors (Lipinski definition) is 24.